The van der Waals surface area contributed by atoms with Crippen LogP contribution < -0.4 is 21.7 Å². The minimum atomic E-state index is -1.39. The normalized spacial score (nSPS) is 21.5. The van der Waals surface area contributed by atoms with Gasteiger partial charge in [-0.1, -0.05) is 35.9 Å². The number of hydrogen-bond acceptors (Lipinski definition) is 6. The van der Waals surface area contributed by atoms with Crippen molar-refractivity contribution in [2.75, 3.05) is 10.6 Å². The predicted octanol–water partition coefficient (Wildman–Crippen LogP) is 1.49. The average molecular weight is 320 g/mol. The summed E-state index contributed by atoms with van der Waals surface area (Å²) in [5.74, 6) is 0.182. The number of aryl methyl sites for hydroxylation is 1. The van der Waals surface area contributed by atoms with E-state index in [4.69, 9.17) is 5.73 Å². The molecule has 2 aromatic carbocycles. The molecule has 24 heavy (non-hydrogen) atoms. The van der Waals surface area contributed by atoms with E-state index in [0.29, 0.717) is 17.2 Å². The summed E-state index contributed by atoms with van der Waals surface area (Å²) in [7, 11) is 0. The van der Waals surface area contributed by atoms with Crippen LogP contribution >= 0.6 is 0 Å². The van der Waals surface area contributed by atoms with Crippen molar-refractivity contribution in [1.82, 2.24) is 5.32 Å². The second kappa shape index (κ2) is 5.09. The van der Waals surface area contributed by atoms with Gasteiger partial charge >= 0.3 is 0 Å². The van der Waals surface area contributed by atoms with Gasteiger partial charge in [-0.05, 0) is 25.1 Å². The summed E-state index contributed by atoms with van der Waals surface area (Å²) >= 11 is 0. The first-order valence-electron chi connectivity index (χ1n) is 7.54. The molecule has 2 heterocycles. The lowest BCUT2D eigenvalue weighted by Crippen LogP contribution is -2.49. The van der Waals surface area contributed by atoms with E-state index in [1.807, 2.05) is 55.5 Å². The number of para-hydroxylation sites is 1. The number of guanidine groups is 2. The van der Waals surface area contributed by atoms with Gasteiger partial charge in [-0.3, -0.25) is 10.1 Å². The number of anilines is 2. The van der Waals surface area contributed by atoms with Crippen LogP contribution in [-0.2, 0) is 10.5 Å². The van der Waals surface area contributed by atoms with Gasteiger partial charge in [-0.2, -0.15) is 0 Å². The maximum Gasteiger partial charge on any atom is 0.280 e. The summed E-state index contributed by atoms with van der Waals surface area (Å²) < 4.78 is 0. The molecule has 7 nitrogen and oxygen atoms in total. The molecule has 0 aliphatic carbocycles. The van der Waals surface area contributed by atoms with Gasteiger partial charge in [0.25, 0.3) is 11.6 Å². The Morgan fingerprint density at radius 2 is 1.79 bits per heavy atom. The van der Waals surface area contributed by atoms with Crippen LogP contribution in [-0.4, -0.2) is 17.8 Å². The van der Waals surface area contributed by atoms with Crippen molar-refractivity contribution in [3.05, 3.63) is 59.7 Å². The van der Waals surface area contributed by atoms with Gasteiger partial charge in [0.1, 0.15) is 0 Å². The van der Waals surface area contributed by atoms with Gasteiger partial charge in [-0.15, -0.1) is 0 Å². The summed E-state index contributed by atoms with van der Waals surface area (Å²) in [6, 6.07) is 15.2. The molecule has 2 aliphatic heterocycles. The number of nitrogens with zero attached hydrogens (tertiary/aromatic N) is 2. The molecule has 7 heteroatoms. The Kier molecular flexibility index (Phi) is 3.02. The smallest absolute Gasteiger partial charge is 0.280 e. The first-order valence-corrected chi connectivity index (χ1v) is 7.54. The van der Waals surface area contributed by atoms with Crippen LogP contribution in [0.3, 0.4) is 0 Å². The molecular weight excluding hydrogens is 304 g/mol. The third-order valence-electron chi connectivity index (χ3n) is 3.98. The Hall–Kier alpha value is -3.35. The van der Waals surface area contributed by atoms with Crippen molar-refractivity contribution in [2.45, 2.75) is 12.6 Å². The molecule has 0 aromatic heterocycles. The molecule has 0 fully saturated rings. The van der Waals surface area contributed by atoms with Gasteiger partial charge in [0, 0.05) is 16.9 Å². The van der Waals surface area contributed by atoms with Crippen LogP contribution in [0.4, 0.5) is 11.4 Å². The molecule has 0 radical (unpaired) electrons. The first-order chi connectivity index (χ1) is 11.6. The average Bonchev–Trinajstić information content (AvgIpc) is 2.81. The molecule has 0 bridgehead atoms. The Labute approximate surface area is 138 Å². The Balaban J connectivity index is 1.76. The minimum absolute atomic E-state index is 0.131. The number of amides is 1. The number of aliphatic imine (C=N–C) groups is 2. The molecule has 1 atom stereocenters. The molecule has 0 saturated carbocycles. The van der Waals surface area contributed by atoms with Gasteiger partial charge < -0.3 is 16.4 Å². The monoisotopic (exact) mass is 320 g/mol. The van der Waals surface area contributed by atoms with Crippen molar-refractivity contribution in [3.63, 3.8) is 0 Å². The summed E-state index contributed by atoms with van der Waals surface area (Å²) in [6.45, 7) is 2.01. The maximum absolute atomic E-state index is 12.6. The van der Waals surface area contributed by atoms with Gasteiger partial charge in [0.2, 0.25) is 5.96 Å². The lowest BCUT2D eigenvalue weighted by atomic mass is 10.0. The summed E-state index contributed by atoms with van der Waals surface area (Å²) in [5.41, 5.74) is 7.89. The molecule has 0 saturated heterocycles. The third kappa shape index (κ3) is 2.18. The highest BCUT2D eigenvalue weighted by atomic mass is 16.2. The van der Waals surface area contributed by atoms with Gasteiger partial charge in [0.05, 0.1) is 0 Å². The zero-order chi connectivity index (χ0) is 16.7. The van der Waals surface area contributed by atoms with E-state index in [9.17, 15) is 4.79 Å². The number of carbonyl (C=O) groups excluding carboxylic acids is 1. The van der Waals surface area contributed by atoms with E-state index >= 15 is 0 Å². The molecular formula is C17H16N6O. The van der Waals surface area contributed by atoms with Crippen LogP contribution in [0.2, 0.25) is 0 Å². The van der Waals surface area contributed by atoms with Crippen LogP contribution in [0.25, 0.3) is 0 Å². The van der Waals surface area contributed by atoms with E-state index in [-0.39, 0.29) is 11.9 Å². The molecule has 2 aromatic rings. The second-order valence-electron chi connectivity index (χ2n) is 5.75. The number of benzene rings is 2. The number of rotatable bonds is 1. The van der Waals surface area contributed by atoms with Gasteiger partial charge in [0.15, 0.2) is 5.96 Å². The molecule has 4 rings (SSSR count). The van der Waals surface area contributed by atoms with Crippen molar-refractivity contribution < 1.29 is 4.79 Å². The fourth-order valence-electron chi connectivity index (χ4n) is 2.82. The Morgan fingerprint density at radius 3 is 2.58 bits per heavy atom. The quantitative estimate of drug-likeness (QED) is 0.639. The van der Waals surface area contributed by atoms with E-state index < -0.39 is 5.66 Å². The van der Waals surface area contributed by atoms with Crippen molar-refractivity contribution in [1.29, 1.82) is 0 Å². The van der Waals surface area contributed by atoms with Gasteiger partial charge in [-0.25, -0.2) is 9.98 Å². The summed E-state index contributed by atoms with van der Waals surface area (Å²) in [4.78, 5) is 21.4. The summed E-state index contributed by atoms with van der Waals surface area (Å²) in [5, 5.41) is 8.81. The lowest BCUT2D eigenvalue weighted by molar-refractivity contribution is -0.120. The molecule has 1 amide bonds. The molecule has 1 unspecified atom stereocenters. The van der Waals surface area contributed by atoms with Crippen LogP contribution in [0.5, 0.6) is 0 Å². The molecule has 120 valence electrons. The lowest BCUT2D eigenvalue weighted by Gasteiger charge is -2.26. The Morgan fingerprint density at radius 1 is 1.04 bits per heavy atom. The second-order valence-corrected chi connectivity index (χ2v) is 5.75. The van der Waals surface area contributed by atoms with Crippen molar-refractivity contribution in [2.24, 2.45) is 15.7 Å². The van der Waals surface area contributed by atoms with E-state index in [0.717, 1.165) is 11.3 Å². The largest absolute Gasteiger partial charge is 0.370 e. The number of hydrogen-bond donors (Lipinski definition) is 4. The van der Waals surface area contributed by atoms with Crippen LogP contribution in [0.1, 0.15) is 11.1 Å². The fourth-order valence-corrected chi connectivity index (χ4v) is 2.82. The predicted molar refractivity (Wildman–Crippen MR) is 93.7 cm³/mol. The summed E-state index contributed by atoms with van der Waals surface area (Å²) in [6.07, 6.45) is 0. The molecule has 2 aliphatic rings. The number of nitrogens with two attached hydrogens (primary N) is 1. The highest BCUT2D eigenvalue weighted by Crippen LogP contribution is 2.40. The standard InChI is InChI=1S/C17H16N6O/c1-10-6-8-11(9-7-10)19-16-21-15(18)22-17(23-16)12-4-2-3-5-13(12)20-14(17)24/h2-9H,1H3,(H,20,24)(H4,18,19,21,22,23). The van der Waals surface area contributed by atoms with E-state index in [2.05, 4.69) is 25.9 Å². The zero-order valence-corrected chi connectivity index (χ0v) is 13.0. The maximum atomic E-state index is 12.6. The van der Waals surface area contributed by atoms with Crippen molar-refractivity contribution >= 4 is 29.2 Å². The molecule has 1 spiro atoms. The molecule has 5 N–H and O–H groups in total. The SMILES string of the molecule is Cc1ccc(NC2=NC3(N=C(N)N2)C(=O)Nc2ccccc23)cc1. The van der Waals surface area contributed by atoms with Crippen LogP contribution in [0, 0.1) is 6.92 Å². The topological polar surface area (TPSA) is 104 Å². The minimum Gasteiger partial charge on any atom is -0.370 e. The fraction of sp³-hybridized carbons (Fsp3) is 0.118. The van der Waals surface area contributed by atoms with E-state index in [1.54, 1.807) is 0 Å². The first kappa shape index (κ1) is 14.3. The number of nitrogens with one attached hydrogen (secondary N) is 3. The number of carbonyl (C=O) groups is 1. The highest BCUT2D eigenvalue weighted by molar-refractivity contribution is 6.13. The zero-order valence-electron chi connectivity index (χ0n) is 13.0. The van der Waals surface area contributed by atoms with E-state index in [1.165, 1.54) is 0 Å². The third-order valence-corrected chi connectivity index (χ3v) is 3.98. The van der Waals surface area contributed by atoms with Crippen LogP contribution in [0.15, 0.2) is 58.5 Å². The Bertz CT molecular complexity index is 886. The number of fused-ring (bicyclic) bond motifs is 2. The highest BCUT2D eigenvalue weighted by Gasteiger charge is 2.49. The van der Waals surface area contributed by atoms with Crippen molar-refractivity contribution in [3.8, 4) is 0 Å².